The van der Waals surface area contributed by atoms with Gasteiger partial charge in [-0.3, -0.25) is 9.11 Å². The molecule has 0 amide bonds. The van der Waals surface area contributed by atoms with Crippen molar-refractivity contribution < 1.29 is 26.6 Å². The van der Waals surface area contributed by atoms with E-state index in [1.54, 1.807) is 0 Å². The van der Waals surface area contributed by atoms with Crippen molar-refractivity contribution >= 4 is 98.2 Å². The molecule has 10 heavy (non-hydrogen) atoms. The summed E-state index contributed by atoms with van der Waals surface area (Å²) in [5.41, 5.74) is 0. The standard InChI is InChI=1S/2Ca.H2O5S2.H2O.4H/c;;1-6(2)5-7(3)4;;;;;/h;;(H,1,2)(H,3,4);1H2;;;;. The molecule has 0 aliphatic rings. The van der Waals surface area contributed by atoms with Gasteiger partial charge >= 0.3 is 98.2 Å². The summed E-state index contributed by atoms with van der Waals surface area (Å²) in [5.74, 6) is 0. The third-order valence-corrected chi connectivity index (χ3v) is 1.05. The van der Waals surface area contributed by atoms with Crippen molar-refractivity contribution in [3.05, 3.63) is 0 Å². The monoisotopic (exact) mass is 248 g/mol. The van der Waals surface area contributed by atoms with E-state index in [0.29, 0.717) is 0 Å². The van der Waals surface area contributed by atoms with Crippen LogP contribution in [0.2, 0.25) is 0 Å². The minimum absolute atomic E-state index is 0. The van der Waals surface area contributed by atoms with E-state index >= 15 is 0 Å². The number of hydrogen-bond acceptors (Lipinski definition) is 3. The van der Waals surface area contributed by atoms with Crippen LogP contribution in [0.5, 0.6) is 0 Å². The van der Waals surface area contributed by atoms with E-state index in [-0.39, 0.29) is 81.0 Å². The first-order valence-electron chi connectivity index (χ1n) is 1.03. The van der Waals surface area contributed by atoms with Crippen molar-refractivity contribution in [1.29, 1.82) is 0 Å². The molecule has 0 heterocycles. The van der Waals surface area contributed by atoms with Crippen LogP contribution in [0.1, 0.15) is 0 Å². The molecule has 6 nitrogen and oxygen atoms in total. The van der Waals surface area contributed by atoms with Crippen LogP contribution in [0.3, 0.4) is 0 Å². The summed E-state index contributed by atoms with van der Waals surface area (Å²) in [6.45, 7) is 0. The summed E-state index contributed by atoms with van der Waals surface area (Å²) >= 11 is -5.29. The van der Waals surface area contributed by atoms with Crippen LogP contribution in [0.15, 0.2) is 0 Å². The molecular formula is H8Ca2O6S2. The fraction of sp³-hybridized carbons (Fsp3) is 0. The summed E-state index contributed by atoms with van der Waals surface area (Å²) in [5, 5.41) is 0. The Hall–Kier alpha value is 2.66. The van der Waals surface area contributed by atoms with Gasteiger partial charge in [0.05, 0.1) is 0 Å². The summed E-state index contributed by atoms with van der Waals surface area (Å²) in [4.78, 5) is 0. The van der Waals surface area contributed by atoms with Gasteiger partial charge in [0.1, 0.15) is 0 Å². The van der Waals surface area contributed by atoms with Crippen molar-refractivity contribution in [1.82, 2.24) is 0 Å². The van der Waals surface area contributed by atoms with Gasteiger partial charge in [0.2, 0.25) is 0 Å². The van der Waals surface area contributed by atoms with Gasteiger partial charge in [0.25, 0.3) is 0 Å². The molecule has 0 radical (unpaired) electrons. The van der Waals surface area contributed by atoms with E-state index in [9.17, 15) is 8.42 Å². The van der Waals surface area contributed by atoms with Crippen LogP contribution < -0.4 is 0 Å². The normalized spacial score (nSPS) is 13.0. The molecule has 0 rings (SSSR count). The summed E-state index contributed by atoms with van der Waals surface area (Å²) in [6.07, 6.45) is 0. The van der Waals surface area contributed by atoms with Crippen LogP contribution in [0, 0.1) is 0 Å². The number of rotatable bonds is 2. The molecule has 60 valence electrons. The van der Waals surface area contributed by atoms with E-state index in [4.69, 9.17) is 9.11 Å². The van der Waals surface area contributed by atoms with E-state index in [2.05, 4.69) is 3.63 Å². The molecule has 0 aromatic carbocycles. The first kappa shape index (κ1) is 23.0. The molecule has 0 aromatic heterocycles. The van der Waals surface area contributed by atoms with E-state index in [1.165, 1.54) is 0 Å². The fourth-order valence-electron chi connectivity index (χ4n) is 0.0498. The molecule has 0 aliphatic heterocycles. The number of hydrogen-bond donors (Lipinski definition) is 2. The quantitative estimate of drug-likeness (QED) is 0.391. The Labute approximate surface area is 122 Å². The van der Waals surface area contributed by atoms with Gasteiger partial charge < -0.3 is 5.48 Å². The van der Waals surface area contributed by atoms with Crippen LogP contribution in [-0.4, -0.2) is 98.5 Å². The molecular weight excluding hydrogens is 240 g/mol. The molecule has 0 fully saturated rings. The third-order valence-electron chi connectivity index (χ3n) is 0.116. The second-order valence-electron chi connectivity index (χ2n) is 0.502. The average Bonchev–Trinajstić information content (AvgIpc) is 1.27. The molecule has 4 N–H and O–H groups in total. The Bertz CT molecular complexity index is 89.9. The van der Waals surface area contributed by atoms with E-state index < -0.39 is 22.7 Å². The molecule has 0 aromatic rings. The Morgan fingerprint density at radius 3 is 1.20 bits per heavy atom. The van der Waals surface area contributed by atoms with Crippen LogP contribution >= 0.6 is 0 Å². The molecule has 0 saturated carbocycles. The van der Waals surface area contributed by atoms with Gasteiger partial charge in [0, 0.05) is 0 Å². The van der Waals surface area contributed by atoms with Crippen molar-refractivity contribution in [2.75, 3.05) is 0 Å². The van der Waals surface area contributed by atoms with Gasteiger partial charge in [-0.05, 0) is 0 Å². The molecule has 0 atom stereocenters. The first-order chi connectivity index (χ1) is 3.13. The van der Waals surface area contributed by atoms with Crippen molar-refractivity contribution in [3.8, 4) is 0 Å². The Balaban J connectivity index is -0.0000000600. The van der Waals surface area contributed by atoms with E-state index in [1.807, 2.05) is 0 Å². The van der Waals surface area contributed by atoms with Crippen LogP contribution in [0.4, 0.5) is 0 Å². The second kappa shape index (κ2) is 14.2. The molecule has 0 bridgehead atoms. The molecule has 0 aliphatic carbocycles. The zero-order valence-corrected chi connectivity index (χ0v) is 5.07. The summed E-state index contributed by atoms with van der Waals surface area (Å²) in [7, 11) is 0. The van der Waals surface area contributed by atoms with Gasteiger partial charge in [0.15, 0.2) is 0 Å². The minimum atomic E-state index is -2.65. The van der Waals surface area contributed by atoms with Crippen molar-refractivity contribution in [3.63, 3.8) is 0 Å². The van der Waals surface area contributed by atoms with Crippen molar-refractivity contribution in [2.45, 2.75) is 0 Å². The Kier molecular flexibility index (Phi) is 32.6. The van der Waals surface area contributed by atoms with Crippen LogP contribution in [0.25, 0.3) is 0 Å². The third kappa shape index (κ3) is 22.4. The molecule has 0 saturated heterocycles. The summed E-state index contributed by atoms with van der Waals surface area (Å²) in [6, 6.07) is 0. The zero-order chi connectivity index (χ0) is 5.86. The van der Waals surface area contributed by atoms with Gasteiger partial charge in [-0.1, -0.05) is 0 Å². The maximum absolute atomic E-state index is 9.35. The topological polar surface area (TPSA) is 115 Å². The summed E-state index contributed by atoms with van der Waals surface area (Å²) < 4.78 is 37.2. The van der Waals surface area contributed by atoms with Gasteiger partial charge in [-0.2, -0.15) is 8.42 Å². The zero-order valence-electron chi connectivity index (χ0n) is 3.44. The second-order valence-corrected chi connectivity index (χ2v) is 1.92. The fourth-order valence-corrected chi connectivity index (χ4v) is 0.448. The first-order valence-corrected chi connectivity index (χ1v) is 3.10. The van der Waals surface area contributed by atoms with Crippen LogP contribution in [-0.2, 0) is 26.4 Å². The van der Waals surface area contributed by atoms with E-state index in [0.717, 1.165) is 0 Å². The van der Waals surface area contributed by atoms with Crippen molar-refractivity contribution in [2.24, 2.45) is 0 Å². The molecule has 0 unspecified atom stereocenters. The predicted octanol–water partition coefficient (Wildman–Crippen LogP) is -3.38. The Morgan fingerprint density at radius 2 is 1.20 bits per heavy atom. The Morgan fingerprint density at radius 1 is 1.00 bits per heavy atom. The molecule has 0 spiro atoms. The van der Waals surface area contributed by atoms with Gasteiger partial charge in [-0.15, -0.1) is 3.63 Å². The van der Waals surface area contributed by atoms with Gasteiger partial charge in [-0.25, -0.2) is 0 Å². The predicted molar refractivity (Wildman–Crippen MR) is 43.3 cm³/mol. The average molecular weight is 248 g/mol. The SMILES string of the molecule is O.O=S(O)OS(=O)O.[CaH2].[CaH2]. The maximum atomic E-state index is 9.35. The molecule has 10 heteroatoms.